The van der Waals surface area contributed by atoms with E-state index in [1.54, 1.807) is 14.2 Å². The molecule has 7 nitrogen and oxygen atoms in total. The third-order valence-electron chi connectivity index (χ3n) is 6.34. The molecular formula is C25H28N4O3S. The van der Waals surface area contributed by atoms with E-state index >= 15 is 0 Å². The molecule has 2 saturated heterocycles. The van der Waals surface area contributed by atoms with Gasteiger partial charge in [-0.05, 0) is 61.5 Å². The molecule has 33 heavy (non-hydrogen) atoms. The molecule has 1 N–H and O–H groups in total. The van der Waals surface area contributed by atoms with E-state index in [0.717, 1.165) is 54.6 Å². The number of benzene rings is 1. The van der Waals surface area contributed by atoms with Crippen LogP contribution < -0.4 is 19.7 Å². The van der Waals surface area contributed by atoms with Crippen LogP contribution in [0.3, 0.4) is 0 Å². The first-order chi connectivity index (χ1) is 16.2. The number of thiocarbonyl (C=S) groups is 1. The van der Waals surface area contributed by atoms with Crippen molar-refractivity contribution >= 4 is 23.0 Å². The second-order valence-corrected chi connectivity index (χ2v) is 8.64. The zero-order valence-electron chi connectivity index (χ0n) is 18.8. The molecule has 3 atom stereocenters. The Balaban J connectivity index is 1.62. The quantitative estimate of drug-likeness (QED) is 0.525. The van der Waals surface area contributed by atoms with Gasteiger partial charge in [0.15, 0.2) is 5.11 Å². The number of aromatic nitrogens is 2. The summed E-state index contributed by atoms with van der Waals surface area (Å²) in [5.41, 5.74) is 2.92. The lowest BCUT2D eigenvalue weighted by Crippen LogP contribution is -2.31. The number of rotatable bonds is 7. The summed E-state index contributed by atoms with van der Waals surface area (Å²) < 4.78 is 19.5. The van der Waals surface area contributed by atoms with Gasteiger partial charge >= 0.3 is 0 Å². The van der Waals surface area contributed by atoms with Gasteiger partial charge in [0, 0.05) is 37.3 Å². The number of methoxy groups -OCH3 is 2. The van der Waals surface area contributed by atoms with Gasteiger partial charge < -0.3 is 29.0 Å². The van der Waals surface area contributed by atoms with Gasteiger partial charge in [-0.1, -0.05) is 6.07 Å². The minimum absolute atomic E-state index is 0.132. The first kappa shape index (κ1) is 21.7. The predicted octanol–water partition coefficient (Wildman–Crippen LogP) is 4.26. The fraction of sp³-hybridized carbons (Fsp3) is 0.360. The molecule has 0 radical (unpaired) electrons. The summed E-state index contributed by atoms with van der Waals surface area (Å²) in [5.74, 6) is 1.47. The van der Waals surface area contributed by atoms with Crippen molar-refractivity contribution in [3.8, 4) is 11.5 Å². The maximum Gasteiger partial charge on any atom is 0.174 e. The second-order valence-electron chi connectivity index (χ2n) is 8.25. The van der Waals surface area contributed by atoms with E-state index in [2.05, 4.69) is 38.1 Å². The van der Waals surface area contributed by atoms with Gasteiger partial charge in [-0.2, -0.15) is 0 Å². The van der Waals surface area contributed by atoms with Crippen LogP contribution in [0, 0.1) is 0 Å². The van der Waals surface area contributed by atoms with Crippen LogP contribution in [0.25, 0.3) is 0 Å². The Hall–Kier alpha value is -3.10. The van der Waals surface area contributed by atoms with Gasteiger partial charge in [-0.15, -0.1) is 0 Å². The van der Waals surface area contributed by atoms with Crippen molar-refractivity contribution in [3.05, 3.63) is 72.3 Å². The predicted molar refractivity (Wildman–Crippen MR) is 131 cm³/mol. The van der Waals surface area contributed by atoms with E-state index in [9.17, 15) is 0 Å². The summed E-state index contributed by atoms with van der Waals surface area (Å²) in [6.45, 7) is 1.64. The average molecular weight is 465 g/mol. The normalized spacial score (nSPS) is 22.4. The lowest BCUT2D eigenvalue weighted by Gasteiger charge is -2.30. The van der Waals surface area contributed by atoms with Crippen molar-refractivity contribution in [1.82, 2.24) is 14.9 Å². The summed E-state index contributed by atoms with van der Waals surface area (Å²) in [6.07, 6.45) is 6.35. The Labute approximate surface area is 199 Å². The minimum atomic E-state index is -0.134. The summed E-state index contributed by atoms with van der Waals surface area (Å²) in [7, 11) is 3.33. The zero-order valence-corrected chi connectivity index (χ0v) is 19.6. The van der Waals surface area contributed by atoms with Gasteiger partial charge in [-0.25, -0.2) is 0 Å². The van der Waals surface area contributed by atoms with E-state index in [0.29, 0.717) is 5.11 Å². The third kappa shape index (κ3) is 4.16. The summed E-state index contributed by atoms with van der Waals surface area (Å²) >= 11 is 5.88. The van der Waals surface area contributed by atoms with Crippen LogP contribution in [-0.4, -0.2) is 41.6 Å². The zero-order chi connectivity index (χ0) is 22.8. The maximum absolute atomic E-state index is 5.93. The van der Waals surface area contributed by atoms with Gasteiger partial charge in [0.05, 0.1) is 37.7 Å². The van der Waals surface area contributed by atoms with Crippen molar-refractivity contribution in [1.29, 1.82) is 0 Å². The minimum Gasteiger partial charge on any atom is -0.497 e. The van der Waals surface area contributed by atoms with E-state index in [4.69, 9.17) is 26.4 Å². The Kier molecular flexibility index (Phi) is 6.20. The second kappa shape index (κ2) is 9.41. The summed E-state index contributed by atoms with van der Waals surface area (Å²) in [6, 6.07) is 15.7. The van der Waals surface area contributed by atoms with Crippen LogP contribution in [0.1, 0.15) is 36.3 Å². The van der Waals surface area contributed by atoms with Gasteiger partial charge in [0.2, 0.25) is 0 Å². The molecule has 0 amide bonds. The topological polar surface area (TPSA) is 60.8 Å². The van der Waals surface area contributed by atoms with Gasteiger partial charge in [0.1, 0.15) is 17.5 Å². The highest BCUT2D eigenvalue weighted by molar-refractivity contribution is 7.80. The van der Waals surface area contributed by atoms with Crippen molar-refractivity contribution < 1.29 is 14.2 Å². The van der Waals surface area contributed by atoms with Gasteiger partial charge in [-0.3, -0.25) is 4.98 Å². The van der Waals surface area contributed by atoms with Crippen LogP contribution in [0.5, 0.6) is 11.5 Å². The molecule has 0 saturated carbocycles. The highest BCUT2D eigenvalue weighted by Crippen LogP contribution is 2.45. The molecule has 2 fully saturated rings. The largest absolute Gasteiger partial charge is 0.497 e. The summed E-state index contributed by atoms with van der Waals surface area (Å²) in [5, 5.41) is 4.14. The molecule has 172 valence electrons. The number of nitrogens with zero attached hydrogens (tertiary/aromatic N) is 3. The fourth-order valence-electron chi connectivity index (χ4n) is 4.77. The highest BCUT2D eigenvalue weighted by atomic mass is 32.1. The maximum atomic E-state index is 5.93. The van der Waals surface area contributed by atoms with Gasteiger partial charge in [0.25, 0.3) is 0 Å². The van der Waals surface area contributed by atoms with Crippen LogP contribution >= 0.6 is 12.2 Å². The molecule has 3 aromatic rings. The molecule has 8 heteroatoms. The number of hydrogen-bond acceptors (Lipinski definition) is 5. The first-order valence-electron chi connectivity index (χ1n) is 11.2. The SMILES string of the molecule is COc1ccc(OC)c(N2C(=S)N[C@H](c3ccccn3)[C@@H]2c2cccn2C[C@H]2CCCO2)c1. The lowest BCUT2D eigenvalue weighted by molar-refractivity contribution is 0.0961. The van der Waals surface area contributed by atoms with Crippen molar-refractivity contribution in [2.45, 2.75) is 37.6 Å². The van der Waals surface area contributed by atoms with Crippen LogP contribution in [-0.2, 0) is 11.3 Å². The van der Waals surface area contributed by atoms with E-state index < -0.39 is 0 Å². The molecule has 2 aliphatic rings. The average Bonchev–Trinajstić information content (AvgIpc) is 3.60. The van der Waals surface area contributed by atoms with E-state index in [1.165, 1.54) is 0 Å². The van der Waals surface area contributed by atoms with Crippen molar-refractivity contribution in [2.75, 3.05) is 25.7 Å². The smallest absolute Gasteiger partial charge is 0.174 e. The van der Waals surface area contributed by atoms with Crippen LogP contribution in [0.15, 0.2) is 60.9 Å². The van der Waals surface area contributed by atoms with Crippen molar-refractivity contribution in [2.24, 2.45) is 0 Å². The van der Waals surface area contributed by atoms with E-state index in [-0.39, 0.29) is 18.2 Å². The monoisotopic (exact) mass is 464 g/mol. The van der Waals surface area contributed by atoms with Crippen LogP contribution in [0.2, 0.25) is 0 Å². The molecule has 2 aromatic heterocycles. The highest BCUT2D eigenvalue weighted by Gasteiger charge is 2.43. The molecule has 2 aliphatic heterocycles. The van der Waals surface area contributed by atoms with Crippen LogP contribution in [0.4, 0.5) is 5.69 Å². The number of nitrogens with one attached hydrogen (secondary N) is 1. The third-order valence-corrected chi connectivity index (χ3v) is 6.65. The van der Waals surface area contributed by atoms with Crippen molar-refractivity contribution in [3.63, 3.8) is 0 Å². The Morgan fingerprint density at radius 1 is 1.15 bits per heavy atom. The number of ether oxygens (including phenoxy) is 3. The molecular weight excluding hydrogens is 436 g/mol. The lowest BCUT2D eigenvalue weighted by atomic mass is 10.0. The number of pyridine rings is 1. The fourth-order valence-corrected chi connectivity index (χ4v) is 5.11. The Morgan fingerprint density at radius 2 is 2.06 bits per heavy atom. The molecule has 1 aromatic carbocycles. The Morgan fingerprint density at radius 3 is 2.79 bits per heavy atom. The molecule has 0 unspecified atom stereocenters. The molecule has 5 rings (SSSR count). The Bertz CT molecular complexity index is 1110. The standard InChI is InChI=1S/C25H28N4O3S/c1-30-17-10-11-22(31-2)21(15-17)29-24(23(27-25(29)33)19-8-3-4-12-26-19)20-9-5-13-28(20)16-18-7-6-14-32-18/h3-5,8-13,15,18,23-24H,6-7,14,16H2,1-2H3,(H,27,33)/t18-,23-,24+/m1/s1. The van der Waals surface area contributed by atoms with E-state index in [1.807, 2.05) is 42.6 Å². The summed E-state index contributed by atoms with van der Waals surface area (Å²) in [4.78, 5) is 6.78. The number of anilines is 1. The first-order valence-corrected chi connectivity index (χ1v) is 11.6. The molecule has 4 heterocycles. The molecule has 0 spiro atoms. The number of hydrogen-bond donors (Lipinski definition) is 1. The molecule has 0 aliphatic carbocycles. The molecule has 0 bridgehead atoms.